The average Bonchev–Trinajstić information content (AvgIpc) is 2.28. The van der Waals surface area contributed by atoms with E-state index in [2.05, 4.69) is 5.32 Å². The molecule has 0 spiro atoms. The van der Waals surface area contributed by atoms with Gasteiger partial charge < -0.3 is 10.2 Å². The Bertz CT molecular complexity index is 439. The summed E-state index contributed by atoms with van der Waals surface area (Å²) in [5.74, 6) is -0.534. The van der Waals surface area contributed by atoms with Gasteiger partial charge in [0.2, 0.25) is 0 Å². The Hall–Kier alpha value is -1.69. The van der Waals surface area contributed by atoms with Crippen molar-refractivity contribution in [1.29, 1.82) is 0 Å². The number of anilines is 1. The van der Waals surface area contributed by atoms with Crippen molar-refractivity contribution < 1.29 is 9.31 Å². The molecule has 0 bridgehead atoms. The smallest absolute Gasteiger partial charge is 0.295 e. The van der Waals surface area contributed by atoms with Crippen molar-refractivity contribution in [3.8, 4) is 0 Å². The molecule has 1 unspecified atom stereocenters. The Balaban J connectivity index is 2.39. The Morgan fingerprint density at radius 2 is 2.35 bits per heavy atom. The number of benzene rings is 1. The number of hydrogen-bond acceptors (Lipinski definition) is 4. The number of para-hydroxylation sites is 1. The lowest BCUT2D eigenvalue weighted by Gasteiger charge is -2.33. The zero-order chi connectivity index (χ0) is 12.4. The van der Waals surface area contributed by atoms with E-state index in [9.17, 15) is 14.5 Å². The van der Waals surface area contributed by atoms with E-state index in [4.69, 9.17) is 0 Å². The number of nitro benzene ring substituents is 1. The normalized spacial score (nSPS) is 20.4. The molecule has 0 saturated carbocycles. The molecule has 1 N–H and O–H groups in total. The number of hydrogen-bond donors (Lipinski definition) is 1. The van der Waals surface area contributed by atoms with E-state index in [0.717, 1.165) is 0 Å². The van der Waals surface area contributed by atoms with Gasteiger partial charge in [0.25, 0.3) is 5.69 Å². The number of piperazine rings is 1. The Morgan fingerprint density at radius 1 is 1.59 bits per heavy atom. The zero-order valence-corrected chi connectivity index (χ0v) is 9.52. The van der Waals surface area contributed by atoms with E-state index in [1.807, 2.05) is 6.92 Å². The lowest BCUT2D eigenvalue weighted by Crippen LogP contribution is -2.49. The molecule has 1 atom stereocenters. The van der Waals surface area contributed by atoms with Gasteiger partial charge in [-0.3, -0.25) is 10.1 Å². The van der Waals surface area contributed by atoms with Gasteiger partial charge in [-0.15, -0.1) is 0 Å². The third-order valence-corrected chi connectivity index (χ3v) is 2.85. The van der Waals surface area contributed by atoms with Crippen LogP contribution in [0.25, 0.3) is 0 Å². The van der Waals surface area contributed by atoms with Crippen molar-refractivity contribution in [2.24, 2.45) is 0 Å². The molecule has 1 heterocycles. The molecule has 0 amide bonds. The fraction of sp³-hybridized carbons (Fsp3) is 0.455. The molecule has 0 radical (unpaired) electrons. The lowest BCUT2D eigenvalue weighted by atomic mass is 10.1. The van der Waals surface area contributed by atoms with Crippen molar-refractivity contribution >= 4 is 11.4 Å². The van der Waals surface area contributed by atoms with Crippen molar-refractivity contribution in [2.45, 2.75) is 13.0 Å². The van der Waals surface area contributed by atoms with E-state index in [-0.39, 0.29) is 17.4 Å². The van der Waals surface area contributed by atoms with Crippen LogP contribution in [0.2, 0.25) is 0 Å². The first-order valence-corrected chi connectivity index (χ1v) is 5.51. The van der Waals surface area contributed by atoms with Gasteiger partial charge in [-0.05, 0) is 13.0 Å². The monoisotopic (exact) mass is 239 g/mol. The van der Waals surface area contributed by atoms with E-state index < -0.39 is 10.7 Å². The summed E-state index contributed by atoms with van der Waals surface area (Å²) < 4.78 is 13.8. The fourth-order valence-corrected chi connectivity index (χ4v) is 2.10. The number of nitrogens with zero attached hydrogens (tertiary/aromatic N) is 2. The molecule has 1 saturated heterocycles. The molecule has 6 heteroatoms. The summed E-state index contributed by atoms with van der Waals surface area (Å²) >= 11 is 0. The first-order valence-electron chi connectivity index (χ1n) is 5.51. The molecule has 1 fully saturated rings. The van der Waals surface area contributed by atoms with Crippen molar-refractivity contribution in [3.63, 3.8) is 0 Å². The maximum Gasteiger partial charge on any atom is 0.295 e. The van der Waals surface area contributed by atoms with Crippen LogP contribution in [0.5, 0.6) is 0 Å². The van der Waals surface area contributed by atoms with Gasteiger partial charge in [-0.1, -0.05) is 6.07 Å². The maximum atomic E-state index is 13.8. The predicted octanol–water partition coefficient (Wildman–Crippen LogP) is 1.53. The Morgan fingerprint density at radius 3 is 3.00 bits per heavy atom. The van der Waals surface area contributed by atoms with Crippen LogP contribution in [-0.2, 0) is 0 Å². The summed E-state index contributed by atoms with van der Waals surface area (Å²) in [5.41, 5.74) is -0.0649. The van der Waals surface area contributed by atoms with Crippen LogP contribution in [-0.4, -0.2) is 30.6 Å². The summed E-state index contributed by atoms with van der Waals surface area (Å²) in [6.07, 6.45) is 0. The Kier molecular flexibility index (Phi) is 3.23. The van der Waals surface area contributed by atoms with Gasteiger partial charge >= 0.3 is 0 Å². The second-order valence-corrected chi connectivity index (χ2v) is 4.17. The van der Waals surface area contributed by atoms with Crippen molar-refractivity contribution in [1.82, 2.24) is 5.32 Å². The second kappa shape index (κ2) is 4.67. The first kappa shape index (κ1) is 11.8. The predicted molar refractivity (Wildman–Crippen MR) is 62.7 cm³/mol. The topological polar surface area (TPSA) is 58.4 Å². The SMILES string of the molecule is CC1CN(c2c(F)cccc2[N+](=O)[O-])CCN1. The summed E-state index contributed by atoms with van der Waals surface area (Å²) in [7, 11) is 0. The van der Waals surface area contributed by atoms with Gasteiger partial charge in [0, 0.05) is 31.7 Å². The molecular weight excluding hydrogens is 225 g/mol. The third-order valence-electron chi connectivity index (χ3n) is 2.85. The van der Waals surface area contributed by atoms with E-state index in [1.54, 1.807) is 4.90 Å². The van der Waals surface area contributed by atoms with E-state index >= 15 is 0 Å². The molecule has 2 rings (SSSR count). The molecule has 92 valence electrons. The van der Waals surface area contributed by atoms with Gasteiger partial charge in [-0.2, -0.15) is 0 Å². The van der Waals surface area contributed by atoms with E-state index in [0.29, 0.717) is 19.6 Å². The lowest BCUT2D eigenvalue weighted by molar-refractivity contribution is -0.384. The molecular formula is C11H14FN3O2. The van der Waals surface area contributed by atoms with Gasteiger partial charge in [0.05, 0.1) is 4.92 Å². The number of nitrogens with one attached hydrogen (secondary N) is 1. The molecule has 0 aromatic heterocycles. The van der Waals surface area contributed by atoms with Gasteiger partial charge in [0.15, 0.2) is 11.5 Å². The minimum Gasteiger partial charge on any atom is -0.361 e. The highest BCUT2D eigenvalue weighted by Crippen LogP contribution is 2.31. The fourth-order valence-electron chi connectivity index (χ4n) is 2.10. The van der Waals surface area contributed by atoms with Crippen LogP contribution in [0.1, 0.15) is 6.92 Å². The van der Waals surface area contributed by atoms with Crippen LogP contribution >= 0.6 is 0 Å². The number of halogens is 1. The molecule has 1 aliphatic rings. The van der Waals surface area contributed by atoms with Crippen LogP contribution in [0.15, 0.2) is 18.2 Å². The summed E-state index contributed by atoms with van der Waals surface area (Å²) in [4.78, 5) is 12.1. The van der Waals surface area contributed by atoms with Crippen LogP contribution in [0.4, 0.5) is 15.8 Å². The quantitative estimate of drug-likeness (QED) is 0.628. The van der Waals surface area contributed by atoms with Crippen LogP contribution < -0.4 is 10.2 Å². The standard InChI is InChI=1S/C11H14FN3O2/c1-8-7-14(6-5-13-8)11-9(12)3-2-4-10(11)15(16)17/h2-4,8,13H,5-7H2,1H3. The zero-order valence-electron chi connectivity index (χ0n) is 9.52. The third kappa shape index (κ3) is 2.36. The molecule has 0 aliphatic carbocycles. The first-order chi connectivity index (χ1) is 8.09. The maximum absolute atomic E-state index is 13.8. The summed E-state index contributed by atoms with van der Waals surface area (Å²) in [6.45, 7) is 3.82. The van der Waals surface area contributed by atoms with Gasteiger partial charge in [0.1, 0.15) is 0 Å². The highest BCUT2D eigenvalue weighted by atomic mass is 19.1. The molecule has 1 aromatic carbocycles. The highest BCUT2D eigenvalue weighted by molar-refractivity contribution is 5.64. The van der Waals surface area contributed by atoms with Crippen molar-refractivity contribution in [3.05, 3.63) is 34.1 Å². The molecule has 1 aliphatic heterocycles. The van der Waals surface area contributed by atoms with Crippen molar-refractivity contribution in [2.75, 3.05) is 24.5 Å². The van der Waals surface area contributed by atoms with Crippen LogP contribution in [0, 0.1) is 15.9 Å². The molecule has 17 heavy (non-hydrogen) atoms. The second-order valence-electron chi connectivity index (χ2n) is 4.17. The largest absolute Gasteiger partial charge is 0.361 e. The van der Waals surface area contributed by atoms with Gasteiger partial charge in [-0.25, -0.2) is 4.39 Å². The average molecular weight is 239 g/mol. The molecule has 1 aromatic rings. The minimum atomic E-state index is -0.537. The molecule has 5 nitrogen and oxygen atoms in total. The summed E-state index contributed by atoms with van der Waals surface area (Å²) in [6, 6.07) is 4.16. The Labute approximate surface area is 98.4 Å². The highest BCUT2D eigenvalue weighted by Gasteiger charge is 2.26. The minimum absolute atomic E-state index is 0.103. The number of rotatable bonds is 2. The van der Waals surface area contributed by atoms with Crippen LogP contribution in [0.3, 0.4) is 0 Å². The van der Waals surface area contributed by atoms with E-state index in [1.165, 1.54) is 18.2 Å². The summed E-state index contributed by atoms with van der Waals surface area (Å²) in [5, 5.41) is 14.1. The number of nitro groups is 1.